The number of hydrogen-bond donors (Lipinski definition) is 1. The molecular formula is C14H17F3N2OS2. The van der Waals surface area contributed by atoms with Crippen molar-refractivity contribution in [2.75, 3.05) is 5.75 Å². The SMILES string of the molecule is CCC1=C(CSC2=NC(O)CC(C(F)(F)F)=N2)SC=CCC1. The summed E-state index contributed by atoms with van der Waals surface area (Å²) in [4.78, 5) is 8.51. The number of amidine groups is 1. The van der Waals surface area contributed by atoms with Gasteiger partial charge in [0, 0.05) is 12.2 Å². The van der Waals surface area contributed by atoms with E-state index in [4.69, 9.17) is 0 Å². The summed E-state index contributed by atoms with van der Waals surface area (Å²) < 4.78 is 38.2. The van der Waals surface area contributed by atoms with Crippen LogP contribution < -0.4 is 0 Å². The van der Waals surface area contributed by atoms with Crippen LogP contribution in [0.2, 0.25) is 0 Å². The molecule has 0 amide bonds. The molecule has 1 unspecified atom stereocenters. The number of thioether (sulfide) groups is 2. The summed E-state index contributed by atoms with van der Waals surface area (Å²) in [6.45, 7) is 2.08. The van der Waals surface area contributed by atoms with Gasteiger partial charge in [-0.25, -0.2) is 9.98 Å². The van der Waals surface area contributed by atoms with Crippen molar-refractivity contribution in [3.8, 4) is 0 Å². The van der Waals surface area contributed by atoms with Crippen LogP contribution in [0, 0.1) is 0 Å². The molecule has 1 N–H and O–H groups in total. The zero-order valence-corrected chi connectivity index (χ0v) is 13.7. The molecule has 0 radical (unpaired) electrons. The Balaban J connectivity index is 2.08. The van der Waals surface area contributed by atoms with E-state index in [0.29, 0.717) is 5.75 Å². The highest BCUT2D eigenvalue weighted by molar-refractivity contribution is 8.15. The molecule has 3 nitrogen and oxygen atoms in total. The summed E-state index contributed by atoms with van der Waals surface area (Å²) in [5, 5.41) is 11.5. The first-order chi connectivity index (χ1) is 10.4. The second kappa shape index (κ2) is 7.70. The highest BCUT2D eigenvalue weighted by Crippen LogP contribution is 2.33. The van der Waals surface area contributed by atoms with Gasteiger partial charge in [-0.05, 0) is 29.6 Å². The Morgan fingerprint density at radius 3 is 2.91 bits per heavy atom. The van der Waals surface area contributed by atoms with Gasteiger partial charge in [-0.2, -0.15) is 13.2 Å². The van der Waals surface area contributed by atoms with Crippen LogP contribution >= 0.6 is 23.5 Å². The van der Waals surface area contributed by atoms with Crippen LogP contribution in [0.4, 0.5) is 13.2 Å². The molecule has 0 aromatic carbocycles. The van der Waals surface area contributed by atoms with Crippen LogP contribution in [0.1, 0.15) is 32.6 Å². The number of aliphatic hydroxyl groups is 1. The van der Waals surface area contributed by atoms with Crippen LogP contribution in [0.15, 0.2) is 31.9 Å². The fourth-order valence-corrected chi connectivity index (χ4v) is 4.20. The molecule has 2 aliphatic heterocycles. The van der Waals surface area contributed by atoms with E-state index in [1.165, 1.54) is 5.57 Å². The van der Waals surface area contributed by atoms with Crippen molar-refractivity contribution < 1.29 is 18.3 Å². The van der Waals surface area contributed by atoms with Crippen molar-refractivity contribution in [1.29, 1.82) is 0 Å². The quantitative estimate of drug-likeness (QED) is 0.815. The normalized spacial score (nSPS) is 23.2. The van der Waals surface area contributed by atoms with Crippen molar-refractivity contribution in [2.45, 2.75) is 45.0 Å². The molecule has 2 heterocycles. The van der Waals surface area contributed by atoms with E-state index in [9.17, 15) is 18.3 Å². The Labute approximate surface area is 135 Å². The second-order valence-electron chi connectivity index (χ2n) is 4.85. The first kappa shape index (κ1) is 17.6. The molecule has 0 aliphatic carbocycles. The number of aliphatic hydroxyl groups excluding tert-OH is 1. The number of allylic oxidation sites excluding steroid dienone is 2. The third-order valence-electron chi connectivity index (χ3n) is 3.27. The second-order valence-corrected chi connectivity index (χ2v) is 6.79. The molecular weight excluding hydrogens is 333 g/mol. The molecule has 0 saturated heterocycles. The van der Waals surface area contributed by atoms with Crippen LogP contribution in [-0.2, 0) is 0 Å². The Hall–Kier alpha value is -0.730. The van der Waals surface area contributed by atoms with E-state index in [1.54, 1.807) is 11.8 Å². The number of aliphatic imine (C=N–C) groups is 2. The van der Waals surface area contributed by atoms with Crippen molar-refractivity contribution in [2.24, 2.45) is 9.98 Å². The van der Waals surface area contributed by atoms with Gasteiger partial charge < -0.3 is 5.11 Å². The van der Waals surface area contributed by atoms with Gasteiger partial charge >= 0.3 is 6.18 Å². The van der Waals surface area contributed by atoms with Crippen LogP contribution in [0.3, 0.4) is 0 Å². The van der Waals surface area contributed by atoms with Crippen LogP contribution in [0.25, 0.3) is 0 Å². The number of halogens is 3. The smallest absolute Gasteiger partial charge is 0.371 e. The molecule has 0 spiro atoms. The molecule has 1 atom stereocenters. The average molecular weight is 350 g/mol. The summed E-state index contributed by atoms with van der Waals surface area (Å²) in [6, 6.07) is 0. The minimum Gasteiger partial charge on any atom is -0.371 e. The Morgan fingerprint density at radius 1 is 1.45 bits per heavy atom. The summed E-state index contributed by atoms with van der Waals surface area (Å²) in [5.74, 6) is 0.526. The predicted molar refractivity (Wildman–Crippen MR) is 87.3 cm³/mol. The fraction of sp³-hybridized carbons (Fsp3) is 0.571. The lowest BCUT2D eigenvalue weighted by molar-refractivity contribution is -0.0622. The Morgan fingerprint density at radius 2 is 2.23 bits per heavy atom. The predicted octanol–water partition coefficient (Wildman–Crippen LogP) is 4.51. The van der Waals surface area contributed by atoms with Crippen molar-refractivity contribution >= 4 is 34.4 Å². The highest BCUT2D eigenvalue weighted by Gasteiger charge is 2.38. The van der Waals surface area contributed by atoms with Gasteiger partial charge in [-0.1, -0.05) is 30.3 Å². The first-order valence-corrected chi connectivity index (χ1v) is 8.82. The van der Waals surface area contributed by atoms with E-state index >= 15 is 0 Å². The lowest BCUT2D eigenvalue weighted by Crippen LogP contribution is -2.30. The van der Waals surface area contributed by atoms with E-state index in [-0.39, 0.29) is 5.17 Å². The van der Waals surface area contributed by atoms with Gasteiger partial charge in [0.2, 0.25) is 0 Å². The molecule has 8 heteroatoms. The van der Waals surface area contributed by atoms with Crippen molar-refractivity contribution in [3.05, 3.63) is 22.0 Å². The van der Waals surface area contributed by atoms with Gasteiger partial charge in [0.05, 0.1) is 0 Å². The van der Waals surface area contributed by atoms with Gasteiger partial charge in [-0.15, -0.1) is 11.8 Å². The third kappa shape index (κ3) is 4.89. The zero-order chi connectivity index (χ0) is 16.2. The zero-order valence-electron chi connectivity index (χ0n) is 12.1. The number of rotatable bonds is 3. The molecule has 0 fully saturated rings. The maximum absolute atomic E-state index is 12.7. The first-order valence-electron chi connectivity index (χ1n) is 6.96. The third-order valence-corrected chi connectivity index (χ3v) is 5.38. The van der Waals surface area contributed by atoms with Gasteiger partial charge in [0.15, 0.2) is 11.4 Å². The van der Waals surface area contributed by atoms with Crippen molar-refractivity contribution in [1.82, 2.24) is 0 Å². The van der Waals surface area contributed by atoms with Gasteiger partial charge in [0.25, 0.3) is 0 Å². The maximum atomic E-state index is 12.7. The summed E-state index contributed by atoms with van der Waals surface area (Å²) in [5.41, 5.74) is 0.357. The fourth-order valence-electron chi connectivity index (χ4n) is 2.10. The summed E-state index contributed by atoms with van der Waals surface area (Å²) in [7, 11) is 0. The lowest BCUT2D eigenvalue weighted by atomic mass is 10.1. The molecule has 2 aliphatic rings. The molecule has 0 aromatic rings. The molecule has 0 bridgehead atoms. The molecule has 122 valence electrons. The van der Waals surface area contributed by atoms with Gasteiger partial charge in [-0.3, -0.25) is 0 Å². The topological polar surface area (TPSA) is 45.0 Å². The molecule has 22 heavy (non-hydrogen) atoms. The lowest BCUT2D eigenvalue weighted by Gasteiger charge is -2.18. The number of alkyl halides is 3. The average Bonchev–Trinajstić information content (AvgIpc) is 2.68. The Bertz CT molecular complexity index is 539. The van der Waals surface area contributed by atoms with E-state index in [1.807, 2.05) is 5.41 Å². The monoisotopic (exact) mass is 350 g/mol. The van der Waals surface area contributed by atoms with Crippen LogP contribution in [0.5, 0.6) is 0 Å². The number of nitrogens with zero attached hydrogens (tertiary/aromatic N) is 2. The Kier molecular flexibility index (Phi) is 6.17. The van der Waals surface area contributed by atoms with E-state index < -0.39 is 24.5 Å². The maximum Gasteiger partial charge on any atom is 0.429 e. The minimum atomic E-state index is -4.52. The summed E-state index contributed by atoms with van der Waals surface area (Å²) in [6.07, 6.45) is -1.47. The molecule has 0 aromatic heterocycles. The van der Waals surface area contributed by atoms with Crippen LogP contribution in [-0.4, -0.2) is 34.1 Å². The van der Waals surface area contributed by atoms with E-state index in [2.05, 4.69) is 23.0 Å². The molecule has 2 rings (SSSR count). The van der Waals surface area contributed by atoms with Crippen molar-refractivity contribution in [3.63, 3.8) is 0 Å². The summed E-state index contributed by atoms with van der Waals surface area (Å²) >= 11 is 2.75. The molecule has 0 saturated carbocycles. The van der Waals surface area contributed by atoms with E-state index in [0.717, 1.165) is 35.9 Å². The van der Waals surface area contributed by atoms with Gasteiger partial charge in [0.1, 0.15) is 5.71 Å². The highest BCUT2D eigenvalue weighted by atomic mass is 32.2. The standard InChI is InChI=1S/C14H17F3N2OS2/c1-2-9-5-3-4-6-21-10(9)8-22-13-18-11(14(15,16)17)7-12(20)19-13/h4,6,12,20H,2-3,5,7-8H2,1H3. The largest absolute Gasteiger partial charge is 0.429 e. The number of hydrogen-bond acceptors (Lipinski definition) is 5. The minimum absolute atomic E-state index is 0.00264.